The third kappa shape index (κ3) is 4.82. The van der Waals surface area contributed by atoms with Crippen molar-refractivity contribution in [3.63, 3.8) is 0 Å². The molecule has 0 atom stereocenters. The van der Waals surface area contributed by atoms with E-state index in [1.165, 1.54) is 6.20 Å². The molecule has 2 amide bonds. The zero-order chi connectivity index (χ0) is 23.4. The van der Waals surface area contributed by atoms with Crippen molar-refractivity contribution >= 4 is 22.8 Å². The number of nitrogens with one attached hydrogen (secondary N) is 2. The summed E-state index contributed by atoms with van der Waals surface area (Å²) in [6.07, 6.45) is 5.45. The highest BCUT2D eigenvalue weighted by molar-refractivity contribution is 5.99. The van der Waals surface area contributed by atoms with Crippen LogP contribution >= 0.6 is 0 Å². The summed E-state index contributed by atoms with van der Waals surface area (Å²) in [5.74, 6) is 0.792. The molecule has 0 fully saturated rings. The summed E-state index contributed by atoms with van der Waals surface area (Å²) in [7, 11) is 3.33. The highest BCUT2D eigenvalue weighted by atomic mass is 16.5. The number of benzene rings is 1. The summed E-state index contributed by atoms with van der Waals surface area (Å²) < 4.78 is 5.91. The molecule has 0 aliphatic rings. The molecular formula is C24H24N6O3. The summed E-state index contributed by atoms with van der Waals surface area (Å²) in [6.45, 7) is 2.43. The Bertz CT molecular complexity index is 1320. The number of ether oxygens (including phenoxy) is 1. The number of fused-ring (bicyclic) bond motifs is 1. The van der Waals surface area contributed by atoms with Crippen molar-refractivity contribution < 1.29 is 14.3 Å². The lowest BCUT2D eigenvalue weighted by Gasteiger charge is -2.18. The first-order valence-electron chi connectivity index (χ1n) is 10.5. The highest BCUT2D eigenvalue weighted by Gasteiger charge is 2.17. The van der Waals surface area contributed by atoms with Crippen molar-refractivity contribution in [2.45, 2.75) is 13.3 Å². The van der Waals surface area contributed by atoms with Crippen molar-refractivity contribution in [2.75, 3.05) is 20.6 Å². The van der Waals surface area contributed by atoms with Crippen molar-refractivity contribution in [3.05, 3.63) is 77.4 Å². The predicted molar refractivity (Wildman–Crippen MR) is 123 cm³/mol. The van der Waals surface area contributed by atoms with Crippen LogP contribution in [0.3, 0.4) is 0 Å². The van der Waals surface area contributed by atoms with Gasteiger partial charge in [0, 0.05) is 44.5 Å². The number of aromatic nitrogens is 4. The molecule has 2 N–H and O–H groups in total. The van der Waals surface area contributed by atoms with Gasteiger partial charge in [-0.2, -0.15) is 5.10 Å². The van der Waals surface area contributed by atoms with Gasteiger partial charge < -0.3 is 15.0 Å². The Labute approximate surface area is 190 Å². The van der Waals surface area contributed by atoms with Crippen molar-refractivity contribution in [1.82, 2.24) is 30.4 Å². The molecular weight excluding hydrogens is 420 g/mol. The first-order chi connectivity index (χ1) is 16.0. The van der Waals surface area contributed by atoms with Crippen molar-refractivity contribution in [2.24, 2.45) is 0 Å². The molecule has 0 aliphatic heterocycles. The lowest BCUT2D eigenvalue weighted by atomic mass is 10.1. The molecule has 4 rings (SSSR count). The number of nitrogens with zero attached hydrogens (tertiary/aromatic N) is 4. The fourth-order valence-corrected chi connectivity index (χ4v) is 3.47. The average molecular weight is 444 g/mol. The summed E-state index contributed by atoms with van der Waals surface area (Å²) in [4.78, 5) is 34.8. The Morgan fingerprint density at radius 3 is 2.76 bits per heavy atom. The molecule has 168 valence electrons. The average Bonchev–Trinajstić information content (AvgIpc) is 3.32. The lowest BCUT2D eigenvalue weighted by Crippen LogP contribution is -2.29. The first kappa shape index (κ1) is 21.9. The van der Waals surface area contributed by atoms with Crippen molar-refractivity contribution in [3.8, 4) is 11.5 Å². The number of hydrogen-bond acceptors (Lipinski definition) is 6. The number of aryl methyl sites for hydroxylation is 1. The molecule has 0 unspecified atom stereocenters. The molecule has 0 spiro atoms. The van der Waals surface area contributed by atoms with E-state index in [2.05, 4.69) is 25.5 Å². The minimum Gasteiger partial charge on any atom is -0.457 e. The minimum atomic E-state index is -0.278. The number of amides is 2. The minimum absolute atomic E-state index is 0.0889. The van der Waals surface area contributed by atoms with E-state index in [1.54, 1.807) is 43.5 Å². The second-order valence-electron chi connectivity index (χ2n) is 7.61. The first-order valence-corrected chi connectivity index (χ1v) is 10.5. The predicted octanol–water partition coefficient (Wildman–Crippen LogP) is 3.13. The van der Waals surface area contributed by atoms with Crippen molar-refractivity contribution in [1.29, 1.82) is 0 Å². The molecule has 3 aromatic heterocycles. The van der Waals surface area contributed by atoms with Crippen LogP contribution in [0, 0.1) is 6.92 Å². The normalized spacial score (nSPS) is 10.8. The van der Waals surface area contributed by atoms with Crippen LogP contribution in [0.4, 0.5) is 0 Å². The molecule has 0 saturated heterocycles. The van der Waals surface area contributed by atoms with E-state index in [0.29, 0.717) is 35.7 Å². The van der Waals surface area contributed by atoms with Crippen LogP contribution in [0.25, 0.3) is 11.0 Å². The number of carbonyl (C=O) groups excluding carboxylic acids is 2. The molecule has 33 heavy (non-hydrogen) atoms. The number of carbonyl (C=O) groups is 2. The Morgan fingerprint density at radius 2 is 1.94 bits per heavy atom. The van der Waals surface area contributed by atoms with Gasteiger partial charge in [0.15, 0.2) is 5.65 Å². The van der Waals surface area contributed by atoms with Crippen LogP contribution in [0.2, 0.25) is 0 Å². The van der Waals surface area contributed by atoms with Gasteiger partial charge in [-0.15, -0.1) is 0 Å². The van der Waals surface area contributed by atoms with Gasteiger partial charge in [0.2, 0.25) is 0 Å². The summed E-state index contributed by atoms with van der Waals surface area (Å²) >= 11 is 0. The molecule has 3 heterocycles. The summed E-state index contributed by atoms with van der Waals surface area (Å²) in [5, 5.41) is 10.2. The van der Waals surface area contributed by atoms with Gasteiger partial charge in [-0.1, -0.05) is 12.1 Å². The molecule has 0 saturated carbocycles. The maximum atomic E-state index is 13.0. The maximum Gasteiger partial charge on any atom is 0.269 e. The molecule has 4 aromatic rings. The van der Waals surface area contributed by atoms with Gasteiger partial charge in [-0.3, -0.25) is 19.7 Å². The second kappa shape index (κ2) is 9.47. The van der Waals surface area contributed by atoms with Crippen LogP contribution in [-0.2, 0) is 6.42 Å². The third-order valence-electron chi connectivity index (χ3n) is 5.39. The Kier molecular flexibility index (Phi) is 6.30. The zero-order valence-electron chi connectivity index (χ0n) is 18.6. The van der Waals surface area contributed by atoms with Crippen LogP contribution in [0.5, 0.6) is 11.5 Å². The zero-order valence-corrected chi connectivity index (χ0v) is 18.6. The van der Waals surface area contributed by atoms with Gasteiger partial charge in [0.1, 0.15) is 17.2 Å². The lowest BCUT2D eigenvalue weighted by molar-refractivity contribution is 0.0795. The Morgan fingerprint density at radius 1 is 1.12 bits per heavy atom. The highest BCUT2D eigenvalue weighted by Crippen LogP contribution is 2.23. The fraction of sp³-hybridized carbons (Fsp3) is 0.208. The van der Waals surface area contributed by atoms with Gasteiger partial charge in [-0.05, 0) is 42.7 Å². The number of pyridine rings is 2. The largest absolute Gasteiger partial charge is 0.457 e. The smallest absolute Gasteiger partial charge is 0.269 e. The number of rotatable bonds is 7. The third-order valence-corrected chi connectivity index (χ3v) is 5.39. The van der Waals surface area contributed by atoms with Gasteiger partial charge in [0.05, 0.1) is 11.8 Å². The Balaban J connectivity index is 1.41. The van der Waals surface area contributed by atoms with E-state index in [1.807, 2.05) is 31.2 Å². The molecule has 1 aromatic carbocycles. The summed E-state index contributed by atoms with van der Waals surface area (Å²) in [6, 6.07) is 10.9. The monoisotopic (exact) mass is 444 g/mol. The van der Waals surface area contributed by atoms with Crippen LogP contribution in [-0.4, -0.2) is 57.5 Å². The SMILES string of the molecule is CNC(=O)c1cc(Oc2cccc(CCN(C)C(=O)c3cnc4[nH]ncc4c3C)c2)ccn1. The molecule has 9 nitrogen and oxygen atoms in total. The summed E-state index contributed by atoms with van der Waals surface area (Å²) in [5.41, 5.74) is 3.39. The maximum absolute atomic E-state index is 13.0. The quantitative estimate of drug-likeness (QED) is 0.453. The van der Waals surface area contributed by atoms with E-state index in [4.69, 9.17) is 4.74 Å². The van der Waals surface area contributed by atoms with E-state index in [-0.39, 0.29) is 17.5 Å². The number of likely N-dealkylation sites (N-methyl/N-ethyl adjacent to an activating group) is 1. The van der Waals surface area contributed by atoms with Crippen LogP contribution in [0.1, 0.15) is 32.0 Å². The standard InChI is InChI=1S/C24H24N6O3/c1-15-19-14-28-29-22(19)27-13-20(15)24(32)30(3)10-8-16-5-4-6-17(11-16)33-18-7-9-26-21(12-18)23(31)25-2/h4-7,9,11-14H,8,10H2,1-3H3,(H,25,31)(H,27,28,29). The van der Waals surface area contributed by atoms with E-state index in [9.17, 15) is 9.59 Å². The van der Waals surface area contributed by atoms with Gasteiger partial charge in [0.25, 0.3) is 11.8 Å². The topological polar surface area (TPSA) is 113 Å². The van der Waals surface area contributed by atoms with Crippen LogP contribution in [0.15, 0.2) is 55.0 Å². The van der Waals surface area contributed by atoms with E-state index < -0.39 is 0 Å². The van der Waals surface area contributed by atoms with Crippen LogP contribution < -0.4 is 10.1 Å². The van der Waals surface area contributed by atoms with E-state index in [0.717, 1.165) is 16.5 Å². The molecule has 9 heteroatoms. The molecule has 0 bridgehead atoms. The van der Waals surface area contributed by atoms with Gasteiger partial charge in [-0.25, -0.2) is 4.98 Å². The fourth-order valence-electron chi connectivity index (χ4n) is 3.47. The number of hydrogen-bond donors (Lipinski definition) is 2. The number of H-pyrrole nitrogens is 1. The van der Waals surface area contributed by atoms with E-state index >= 15 is 0 Å². The number of aromatic amines is 1. The molecule has 0 radical (unpaired) electrons. The Hall–Kier alpha value is -4.27. The van der Waals surface area contributed by atoms with Gasteiger partial charge >= 0.3 is 0 Å². The second-order valence-corrected chi connectivity index (χ2v) is 7.61. The molecule has 0 aliphatic carbocycles.